The molecule has 2 saturated heterocycles. The maximum Gasteiger partial charge on any atom is 0.227 e. The Bertz CT molecular complexity index is 554. The predicted molar refractivity (Wildman–Crippen MR) is 97.8 cm³/mol. The van der Waals surface area contributed by atoms with E-state index in [9.17, 15) is 4.79 Å². The van der Waals surface area contributed by atoms with Crippen molar-refractivity contribution in [1.29, 1.82) is 0 Å². The molecule has 0 radical (unpaired) electrons. The number of hydrogen-bond donors (Lipinski definition) is 0. The van der Waals surface area contributed by atoms with Crippen molar-refractivity contribution >= 4 is 17.7 Å². The van der Waals surface area contributed by atoms with Crippen LogP contribution < -0.4 is 0 Å². The Labute approximate surface area is 144 Å². The topological polar surface area (TPSA) is 23.6 Å². The van der Waals surface area contributed by atoms with Gasteiger partial charge in [0.15, 0.2) is 0 Å². The third-order valence-electron chi connectivity index (χ3n) is 5.08. The van der Waals surface area contributed by atoms with Crippen molar-refractivity contribution in [2.24, 2.45) is 5.92 Å². The summed E-state index contributed by atoms with van der Waals surface area (Å²) in [5, 5.41) is 0. The summed E-state index contributed by atoms with van der Waals surface area (Å²) in [4.78, 5) is 17.3. The molecule has 2 aliphatic rings. The molecule has 0 saturated carbocycles. The van der Waals surface area contributed by atoms with Gasteiger partial charge in [-0.2, -0.15) is 11.8 Å². The molecule has 2 fully saturated rings. The van der Waals surface area contributed by atoms with Crippen LogP contribution >= 0.6 is 11.8 Å². The smallest absolute Gasteiger partial charge is 0.227 e. The minimum Gasteiger partial charge on any atom is -0.341 e. The number of nitrogens with zero attached hydrogens (tertiary/aromatic N) is 2. The Kier molecular flexibility index (Phi) is 5.65. The van der Waals surface area contributed by atoms with Gasteiger partial charge >= 0.3 is 0 Å². The zero-order valence-corrected chi connectivity index (χ0v) is 15.2. The molecule has 0 bridgehead atoms. The Hall–Kier alpha value is -1.00. The second kappa shape index (κ2) is 7.71. The first kappa shape index (κ1) is 16.8. The number of rotatable bonds is 3. The normalized spacial score (nSPS) is 23.0. The summed E-state index contributed by atoms with van der Waals surface area (Å²) < 4.78 is 0. The number of benzene rings is 1. The number of hydrogen-bond acceptors (Lipinski definition) is 3. The number of piperidine rings is 1. The van der Waals surface area contributed by atoms with Crippen molar-refractivity contribution in [3.8, 4) is 0 Å². The minimum atomic E-state index is 0.206. The van der Waals surface area contributed by atoms with Crippen molar-refractivity contribution in [3.05, 3.63) is 34.9 Å². The highest BCUT2D eigenvalue weighted by molar-refractivity contribution is 7.99. The number of thioether (sulfide) groups is 1. The average molecular weight is 333 g/mol. The van der Waals surface area contributed by atoms with Gasteiger partial charge in [-0.25, -0.2) is 0 Å². The van der Waals surface area contributed by atoms with E-state index in [4.69, 9.17) is 0 Å². The molecule has 2 heterocycles. The van der Waals surface area contributed by atoms with Crippen LogP contribution in [0.3, 0.4) is 0 Å². The maximum absolute atomic E-state index is 12.8. The Morgan fingerprint density at radius 2 is 2.00 bits per heavy atom. The van der Waals surface area contributed by atoms with Gasteiger partial charge in [0.1, 0.15) is 0 Å². The van der Waals surface area contributed by atoms with Crippen LogP contribution in [0.15, 0.2) is 18.2 Å². The lowest BCUT2D eigenvalue weighted by molar-refractivity contribution is -0.137. The van der Waals surface area contributed by atoms with E-state index in [2.05, 4.69) is 41.8 Å². The van der Waals surface area contributed by atoms with E-state index in [-0.39, 0.29) is 5.92 Å². The number of carbonyl (C=O) groups excluding carboxylic acids is 1. The first-order chi connectivity index (χ1) is 11.1. The third kappa shape index (κ3) is 4.30. The van der Waals surface area contributed by atoms with Gasteiger partial charge in [-0.15, -0.1) is 0 Å². The minimum absolute atomic E-state index is 0.206. The molecule has 0 spiro atoms. The van der Waals surface area contributed by atoms with Gasteiger partial charge in [0.2, 0.25) is 5.91 Å². The summed E-state index contributed by atoms with van der Waals surface area (Å²) in [6, 6.07) is 6.68. The van der Waals surface area contributed by atoms with Gasteiger partial charge in [-0.1, -0.05) is 23.8 Å². The Morgan fingerprint density at radius 3 is 2.78 bits per heavy atom. The van der Waals surface area contributed by atoms with Crippen LogP contribution in [0.5, 0.6) is 0 Å². The molecule has 1 unspecified atom stereocenters. The highest BCUT2D eigenvalue weighted by atomic mass is 32.2. The zero-order chi connectivity index (χ0) is 16.2. The second-order valence-electron chi connectivity index (χ2n) is 6.94. The van der Waals surface area contributed by atoms with E-state index in [1.165, 1.54) is 16.7 Å². The molecule has 126 valence electrons. The highest BCUT2D eigenvalue weighted by Gasteiger charge is 2.30. The standard InChI is InChI=1S/C19H28N2OS/c1-15-5-6-16(2)18(12-15)14-20-7-3-4-17(13-20)19(22)21-8-10-23-11-9-21/h5-6,12,17H,3-4,7-11,13-14H2,1-2H3. The first-order valence-electron chi connectivity index (χ1n) is 8.78. The summed E-state index contributed by atoms with van der Waals surface area (Å²) in [5.41, 5.74) is 4.09. The van der Waals surface area contributed by atoms with E-state index in [0.29, 0.717) is 5.91 Å². The molecule has 0 aliphatic carbocycles. The molecule has 1 aromatic rings. The number of amides is 1. The van der Waals surface area contributed by atoms with E-state index in [1.807, 2.05) is 11.8 Å². The van der Waals surface area contributed by atoms with E-state index >= 15 is 0 Å². The molecular weight excluding hydrogens is 304 g/mol. The molecule has 0 aromatic heterocycles. The SMILES string of the molecule is Cc1ccc(C)c(CN2CCCC(C(=O)N3CCSCC3)C2)c1. The fourth-order valence-corrected chi connectivity index (χ4v) is 4.56. The van der Waals surface area contributed by atoms with Crippen molar-refractivity contribution < 1.29 is 4.79 Å². The van der Waals surface area contributed by atoms with Gasteiger partial charge in [-0.05, 0) is 44.4 Å². The Morgan fingerprint density at radius 1 is 1.22 bits per heavy atom. The van der Waals surface area contributed by atoms with Gasteiger partial charge in [0, 0.05) is 37.7 Å². The molecule has 2 aliphatic heterocycles. The van der Waals surface area contributed by atoms with Crippen LogP contribution in [-0.2, 0) is 11.3 Å². The summed E-state index contributed by atoms with van der Waals surface area (Å²) in [6.07, 6.45) is 2.20. The van der Waals surface area contributed by atoms with E-state index in [1.54, 1.807) is 0 Å². The molecule has 1 amide bonds. The van der Waals surface area contributed by atoms with Gasteiger partial charge in [0.05, 0.1) is 5.92 Å². The van der Waals surface area contributed by atoms with Gasteiger partial charge in [0.25, 0.3) is 0 Å². The van der Waals surface area contributed by atoms with E-state index in [0.717, 1.165) is 57.1 Å². The molecule has 0 N–H and O–H groups in total. The molecule has 23 heavy (non-hydrogen) atoms. The van der Waals surface area contributed by atoms with Crippen molar-refractivity contribution in [1.82, 2.24) is 9.80 Å². The largest absolute Gasteiger partial charge is 0.341 e. The van der Waals surface area contributed by atoms with Crippen molar-refractivity contribution in [2.45, 2.75) is 33.2 Å². The molecule has 1 atom stereocenters. The van der Waals surface area contributed by atoms with Crippen LogP contribution in [-0.4, -0.2) is 53.4 Å². The highest BCUT2D eigenvalue weighted by Crippen LogP contribution is 2.23. The average Bonchev–Trinajstić information content (AvgIpc) is 2.58. The van der Waals surface area contributed by atoms with E-state index < -0.39 is 0 Å². The second-order valence-corrected chi connectivity index (χ2v) is 8.17. The number of likely N-dealkylation sites (tertiary alicyclic amines) is 1. The molecule has 3 rings (SSSR count). The number of carbonyl (C=O) groups is 1. The quantitative estimate of drug-likeness (QED) is 0.850. The summed E-state index contributed by atoms with van der Waals surface area (Å²) in [5.74, 6) is 2.81. The number of aryl methyl sites for hydroxylation is 2. The molecule has 1 aromatic carbocycles. The molecule has 4 heteroatoms. The zero-order valence-electron chi connectivity index (χ0n) is 14.4. The predicted octanol–water partition coefficient (Wildman–Crippen LogP) is 3.09. The van der Waals surface area contributed by atoms with Gasteiger partial charge < -0.3 is 4.90 Å². The van der Waals surface area contributed by atoms with Crippen LogP contribution in [0.1, 0.15) is 29.5 Å². The third-order valence-corrected chi connectivity index (χ3v) is 6.02. The molecule has 3 nitrogen and oxygen atoms in total. The lowest BCUT2D eigenvalue weighted by Gasteiger charge is -2.36. The summed E-state index contributed by atoms with van der Waals surface area (Å²) >= 11 is 1.96. The van der Waals surface area contributed by atoms with Crippen molar-refractivity contribution in [2.75, 3.05) is 37.7 Å². The van der Waals surface area contributed by atoms with Crippen LogP contribution in [0.2, 0.25) is 0 Å². The monoisotopic (exact) mass is 332 g/mol. The van der Waals surface area contributed by atoms with Gasteiger partial charge in [-0.3, -0.25) is 9.69 Å². The van der Waals surface area contributed by atoms with Crippen LogP contribution in [0.25, 0.3) is 0 Å². The van der Waals surface area contributed by atoms with Crippen LogP contribution in [0.4, 0.5) is 0 Å². The lowest BCUT2D eigenvalue weighted by atomic mass is 9.95. The fourth-order valence-electron chi connectivity index (χ4n) is 3.65. The summed E-state index contributed by atoms with van der Waals surface area (Å²) in [7, 11) is 0. The van der Waals surface area contributed by atoms with Crippen molar-refractivity contribution in [3.63, 3.8) is 0 Å². The summed E-state index contributed by atoms with van der Waals surface area (Å²) in [6.45, 7) is 9.25. The van der Waals surface area contributed by atoms with Crippen LogP contribution in [0, 0.1) is 19.8 Å². The molecular formula is C19H28N2OS. The first-order valence-corrected chi connectivity index (χ1v) is 9.94. The Balaban J connectivity index is 1.61. The maximum atomic E-state index is 12.8. The lowest BCUT2D eigenvalue weighted by Crippen LogP contribution is -2.47. The fraction of sp³-hybridized carbons (Fsp3) is 0.632.